The SMILES string of the molecule is CC(C)C(=O)[C@H](Cc1c[nH]c2ccccc12)NC(=O)[C@H](CCC(N)=O)N(C)C(C)C. The van der Waals surface area contributed by atoms with Crippen LogP contribution in [0.5, 0.6) is 0 Å². The number of fused-ring (bicyclic) bond motifs is 1. The van der Waals surface area contributed by atoms with Crippen molar-refractivity contribution in [2.24, 2.45) is 11.7 Å². The Bertz CT molecular complexity index is 887. The van der Waals surface area contributed by atoms with Gasteiger partial charge in [0.15, 0.2) is 5.78 Å². The van der Waals surface area contributed by atoms with Crippen molar-refractivity contribution in [2.75, 3.05) is 7.05 Å². The number of Topliss-reactive ketones (excluding diaryl/α,β-unsaturated/α-hetero) is 1. The lowest BCUT2D eigenvalue weighted by Gasteiger charge is -2.31. The number of hydrogen-bond acceptors (Lipinski definition) is 4. The number of aromatic amines is 1. The highest BCUT2D eigenvalue weighted by Crippen LogP contribution is 2.20. The maximum atomic E-state index is 13.2. The highest BCUT2D eigenvalue weighted by molar-refractivity contribution is 5.93. The van der Waals surface area contributed by atoms with Gasteiger partial charge in [0.2, 0.25) is 11.8 Å². The minimum Gasteiger partial charge on any atom is -0.370 e. The molecule has 0 bridgehead atoms. The molecule has 164 valence electrons. The molecule has 2 rings (SSSR count). The number of nitrogens with two attached hydrogens (primary N) is 1. The summed E-state index contributed by atoms with van der Waals surface area (Å²) in [5.41, 5.74) is 7.28. The molecule has 30 heavy (non-hydrogen) atoms. The van der Waals surface area contributed by atoms with Gasteiger partial charge in [-0.25, -0.2) is 0 Å². The molecule has 2 atom stereocenters. The zero-order chi connectivity index (χ0) is 22.4. The fraction of sp³-hybridized carbons (Fsp3) is 0.522. The number of aromatic nitrogens is 1. The van der Waals surface area contributed by atoms with Crippen LogP contribution < -0.4 is 11.1 Å². The number of carbonyl (C=O) groups is 3. The van der Waals surface area contributed by atoms with Gasteiger partial charge in [-0.3, -0.25) is 19.3 Å². The zero-order valence-electron chi connectivity index (χ0n) is 18.6. The smallest absolute Gasteiger partial charge is 0.237 e. The number of rotatable bonds is 11. The summed E-state index contributed by atoms with van der Waals surface area (Å²) in [5.74, 6) is -0.938. The molecule has 0 fully saturated rings. The van der Waals surface area contributed by atoms with Crippen molar-refractivity contribution in [1.82, 2.24) is 15.2 Å². The second kappa shape index (κ2) is 10.4. The topological polar surface area (TPSA) is 108 Å². The largest absolute Gasteiger partial charge is 0.370 e. The van der Waals surface area contributed by atoms with Crippen LogP contribution in [-0.4, -0.2) is 52.7 Å². The Labute approximate surface area is 178 Å². The minimum absolute atomic E-state index is 0.0190. The van der Waals surface area contributed by atoms with E-state index < -0.39 is 18.0 Å². The molecule has 0 aliphatic carbocycles. The molecule has 0 unspecified atom stereocenters. The van der Waals surface area contributed by atoms with Crippen LogP contribution >= 0.6 is 0 Å². The monoisotopic (exact) mass is 414 g/mol. The Kier molecular flexibility index (Phi) is 8.17. The number of likely N-dealkylation sites (N-methyl/N-ethyl adjacent to an activating group) is 1. The highest BCUT2D eigenvalue weighted by Gasteiger charge is 2.30. The van der Waals surface area contributed by atoms with Gasteiger partial charge in [0, 0.05) is 41.9 Å². The van der Waals surface area contributed by atoms with E-state index in [2.05, 4.69) is 10.3 Å². The van der Waals surface area contributed by atoms with E-state index in [4.69, 9.17) is 5.73 Å². The Balaban J connectivity index is 2.26. The quantitative estimate of drug-likeness (QED) is 0.525. The molecular weight excluding hydrogens is 380 g/mol. The van der Waals surface area contributed by atoms with E-state index in [0.717, 1.165) is 16.5 Å². The minimum atomic E-state index is -0.645. The fourth-order valence-corrected chi connectivity index (χ4v) is 3.57. The summed E-state index contributed by atoms with van der Waals surface area (Å²) < 4.78 is 0. The Morgan fingerprint density at radius 1 is 1.13 bits per heavy atom. The third-order valence-electron chi connectivity index (χ3n) is 5.60. The van der Waals surface area contributed by atoms with Crippen molar-refractivity contribution >= 4 is 28.5 Å². The number of amides is 2. The van der Waals surface area contributed by atoms with Gasteiger partial charge in [0.25, 0.3) is 0 Å². The fourth-order valence-electron chi connectivity index (χ4n) is 3.57. The van der Waals surface area contributed by atoms with Gasteiger partial charge in [0.1, 0.15) is 0 Å². The van der Waals surface area contributed by atoms with E-state index in [1.54, 1.807) is 0 Å². The molecule has 0 spiro atoms. The predicted molar refractivity (Wildman–Crippen MR) is 119 cm³/mol. The second-order valence-corrected chi connectivity index (χ2v) is 8.46. The van der Waals surface area contributed by atoms with Crippen molar-refractivity contribution in [3.63, 3.8) is 0 Å². The van der Waals surface area contributed by atoms with Crippen LogP contribution in [0.2, 0.25) is 0 Å². The molecule has 0 saturated heterocycles. The zero-order valence-corrected chi connectivity index (χ0v) is 18.6. The summed E-state index contributed by atoms with van der Waals surface area (Å²) in [6, 6.07) is 6.80. The average molecular weight is 415 g/mol. The van der Waals surface area contributed by atoms with E-state index in [9.17, 15) is 14.4 Å². The van der Waals surface area contributed by atoms with Crippen LogP contribution in [0.1, 0.15) is 46.1 Å². The third kappa shape index (κ3) is 5.92. The number of para-hydroxylation sites is 1. The van der Waals surface area contributed by atoms with Gasteiger partial charge >= 0.3 is 0 Å². The van der Waals surface area contributed by atoms with Crippen molar-refractivity contribution in [1.29, 1.82) is 0 Å². The maximum Gasteiger partial charge on any atom is 0.237 e. The van der Waals surface area contributed by atoms with E-state index in [1.165, 1.54) is 0 Å². The Hall–Kier alpha value is -2.67. The van der Waals surface area contributed by atoms with Crippen molar-refractivity contribution in [3.8, 4) is 0 Å². The van der Waals surface area contributed by atoms with Gasteiger partial charge in [0.05, 0.1) is 12.1 Å². The highest BCUT2D eigenvalue weighted by atomic mass is 16.2. The van der Waals surface area contributed by atoms with Crippen molar-refractivity contribution in [3.05, 3.63) is 36.0 Å². The van der Waals surface area contributed by atoms with Gasteiger partial charge < -0.3 is 16.0 Å². The van der Waals surface area contributed by atoms with Crippen LogP contribution in [0.3, 0.4) is 0 Å². The number of primary amides is 1. The number of ketones is 1. The maximum absolute atomic E-state index is 13.2. The van der Waals surface area contributed by atoms with Crippen molar-refractivity contribution < 1.29 is 14.4 Å². The molecule has 0 aliphatic rings. The molecule has 2 aromatic rings. The molecule has 1 heterocycles. The van der Waals surface area contributed by atoms with E-state index >= 15 is 0 Å². The standard InChI is InChI=1S/C23H34N4O3/c1-14(2)22(29)19(12-16-13-25-18-9-7-6-8-17(16)18)26-23(30)20(10-11-21(24)28)27(5)15(3)4/h6-9,13-15,19-20,25H,10-12H2,1-5H3,(H2,24,28)(H,26,30)/t19-,20-/m0/s1. The molecule has 1 aromatic heterocycles. The number of H-pyrrole nitrogens is 1. The van der Waals surface area contributed by atoms with Gasteiger partial charge in [-0.15, -0.1) is 0 Å². The first kappa shape index (κ1) is 23.6. The first-order chi connectivity index (χ1) is 14.1. The first-order valence-corrected chi connectivity index (χ1v) is 10.5. The molecule has 7 nitrogen and oxygen atoms in total. The Morgan fingerprint density at radius 2 is 1.80 bits per heavy atom. The predicted octanol–water partition coefficient (Wildman–Crippen LogP) is 2.39. The van der Waals surface area contributed by atoms with E-state index in [1.807, 2.05) is 70.1 Å². The number of nitrogens with one attached hydrogen (secondary N) is 2. The summed E-state index contributed by atoms with van der Waals surface area (Å²) in [4.78, 5) is 42.5. The second-order valence-electron chi connectivity index (χ2n) is 8.46. The van der Waals surface area contributed by atoms with Crippen molar-refractivity contribution in [2.45, 2.75) is 65.1 Å². The molecule has 7 heteroatoms. The summed E-state index contributed by atoms with van der Waals surface area (Å²) in [6.45, 7) is 7.63. The van der Waals surface area contributed by atoms with E-state index in [0.29, 0.717) is 12.8 Å². The summed E-state index contributed by atoms with van der Waals surface area (Å²) in [6.07, 6.45) is 2.72. The summed E-state index contributed by atoms with van der Waals surface area (Å²) in [5, 5.41) is 4.00. The molecule has 0 radical (unpaired) electrons. The molecule has 0 aliphatic heterocycles. The summed E-state index contributed by atoms with van der Waals surface area (Å²) in [7, 11) is 1.84. The molecular formula is C23H34N4O3. The van der Waals surface area contributed by atoms with Crippen LogP contribution in [0.25, 0.3) is 10.9 Å². The molecule has 2 amide bonds. The van der Waals surface area contributed by atoms with Crippen LogP contribution in [0.15, 0.2) is 30.5 Å². The Morgan fingerprint density at radius 3 is 2.40 bits per heavy atom. The number of hydrogen-bond donors (Lipinski definition) is 3. The summed E-state index contributed by atoms with van der Waals surface area (Å²) >= 11 is 0. The third-order valence-corrected chi connectivity index (χ3v) is 5.60. The van der Waals surface area contributed by atoms with Crippen LogP contribution in [-0.2, 0) is 20.8 Å². The van der Waals surface area contributed by atoms with Crippen LogP contribution in [0.4, 0.5) is 0 Å². The van der Waals surface area contributed by atoms with Gasteiger partial charge in [-0.1, -0.05) is 32.0 Å². The average Bonchev–Trinajstić information content (AvgIpc) is 3.09. The number of carbonyl (C=O) groups excluding carboxylic acids is 3. The molecule has 1 aromatic carbocycles. The molecule has 4 N–H and O–H groups in total. The number of benzene rings is 1. The van der Waals surface area contributed by atoms with E-state index in [-0.39, 0.29) is 30.1 Å². The lowest BCUT2D eigenvalue weighted by Crippen LogP contribution is -2.53. The lowest BCUT2D eigenvalue weighted by molar-refractivity contribution is -0.133. The first-order valence-electron chi connectivity index (χ1n) is 10.5. The molecule has 0 saturated carbocycles. The number of nitrogens with zero attached hydrogens (tertiary/aromatic N) is 1. The normalized spacial score (nSPS) is 13.7. The lowest BCUT2D eigenvalue weighted by atomic mass is 9.94. The van der Waals surface area contributed by atoms with Crippen LogP contribution in [0, 0.1) is 5.92 Å². The van der Waals surface area contributed by atoms with Gasteiger partial charge in [-0.2, -0.15) is 0 Å². The van der Waals surface area contributed by atoms with Gasteiger partial charge in [-0.05, 0) is 38.9 Å².